The third-order valence-corrected chi connectivity index (χ3v) is 2.29. The van der Waals surface area contributed by atoms with Gasteiger partial charge in [0.25, 0.3) is 0 Å². The lowest BCUT2D eigenvalue weighted by molar-refractivity contribution is 0.0663. The Balaban J connectivity index is 2.78. The fraction of sp³-hybridized carbons (Fsp3) is 0. The number of hydrogen-bond donors (Lipinski definition) is 2. The molecule has 0 aliphatic heterocycles. The molecule has 0 bridgehead atoms. The van der Waals surface area contributed by atoms with Crippen LogP contribution in [0.1, 0.15) is 10.6 Å². The smallest absolute Gasteiger partial charge is 0.373 e. The van der Waals surface area contributed by atoms with Gasteiger partial charge in [-0.25, -0.2) is 4.79 Å². The maximum Gasteiger partial charge on any atom is 0.373 e. The highest BCUT2D eigenvalue weighted by atomic mass is 79.9. The molecule has 12 heavy (non-hydrogen) atoms. The van der Waals surface area contributed by atoms with E-state index in [9.17, 15) is 4.79 Å². The fourth-order valence-corrected chi connectivity index (χ4v) is 1.58. The maximum absolute atomic E-state index is 10.6. The Morgan fingerprint density at radius 3 is 3.00 bits per heavy atom. The van der Waals surface area contributed by atoms with Gasteiger partial charge in [0.05, 0.1) is 9.99 Å². The molecular formula is C7H4BrNO3. The van der Waals surface area contributed by atoms with E-state index in [1.165, 1.54) is 0 Å². The van der Waals surface area contributed by atoms with Crippen LogP contribution in [0.25, 0.3) is 11.1 Å². The minimum Gasteiger partial charge on any atom is -0.475 e. The van der Waals surface area contributed by atoms with Crippen LogP contribution in [0, 0.1) is 0 Å². The number of carboxylic acids is 1. The number of furan rings is 1. The van der Waals surface area contributed by atoms with Crippen LogP contribution in [0.5, 0.6) is 0 Å². The van der Waals surface area contributed by atoms with Gasteiger partial charge in [-0.2, -0.15) is 0 Å². The second-order valence-corrected chi connectivity index (χ2v) is 3.06. The molecule has 0 unspecified atom stereocenters. The number of halogens is 1. The SMILES string of the molecule is O=C(O)c1oc2cc[nH]c2c1Br. The molecule has 0 spiro atoms. The summed E-state index contributed by atoms with van der Waals surface area (Å²) in [6.07, 6.45) is 1.69. The largest absolute Gasteiger partial charge is 0.475 e. The van der Waals surface area contributed by atoms with Crippen LogP contribution in [0.4, 0.5) is 0 Å². The quantitative estimate of drug-likeness (QED) is 0.789. The molecule has 0 fully saturated rings. The first kappa shape index (κ1) is 7.42. The van der Waals surface area contributed by atoms with Gasteiger partial charge in [0, 0.05) is 6.20 Å². The Morgan fingerprint density at radius 1 is 1.67 bits per heavy atom. The summed E-state index contributed by atoms with van der Waals surface area (Å²) in [6, 6.07) is 1.67. The minimum absolute atomic E-state index is 0.0724. The summed E-state index contributed by atoms with van der Waals surface area (Å²) >= 11 is 3.13. The molecule has 5 heteroatoms. The van der Waals surface area contributed by atoms with E-state index in [0.717, 1.165) is 0 Å². The van der Waals surface area contributed by atoms with E-state index >= 15 is 0 Å². The van der Waals surface area contributed by atoms with Crippen LogP contribution in [0.2, 0.25) is 0 Å². The highest BCUT2D eigenvalue weighted by Gasteiger charge is 2.17. The number of aromatic carboxylic acids is 1. The van der Waals surface area contributed by atoms with Crippen molar-refractivity contribution in [1.29, 1.82) is 0 Å². The zero-order chi connectivity index (χ0) is 8.72. The summed E-state index contributed by atoms with van der Waals surface area (Å²) in [4.78, 5) is 13.4. The highest BCUT2D eigenvalue weighted by molar-refractivity contribution is 9.10. The number of aromatic nitrogens is 1. The van der Waals surface area contributed by atoms with Gasteiger partial charge in [0.15, 0.2) is 5.58 Å². The van der Waals surface area contributed by atoms with E-state index < -0.39 is 5.97 Å². The van der Waals surface area contributed by atoms with Gasteiger partial charge < -0.3 is 14.5 Å². The predicted molar refractivity (Wildman–Crippen MR) is 45.2 cm³/mol. The molecule has 62 valence electrons. The second-order valence-electron chi connectivity index (χ2n) is 2.27. The van der Waals surface area contributed by atoms with Gasteiger partial charge in [-0.1, -0.05) is 0 Å². The number of carbonyl (C=O) groups is 1. The molecule has 2 aromatic rings. The lowest BCUT2D eigenvalue weighted by atomic mass is 10.4. The third-order valence-electron chi connectivity index (χ3n) is 1.53. The van der Waals surface area contributed by atoms with Crippen molar-refractivity contribution in [3.8, 4) is 0 Å². The summed E-state index contributed by atoms with van der Waals surface area (Å²) in [5.41, 5.74) is 1.21. The molecule has 2 N–H and O–H groups in total. The Morgan fingerprint density at radius 2 is 2.42 bits per heavy atom. The first-order valence-electron chi connectivity index (χ1n) is 3.19. The van der Waals surface area contributed by atoms with Crippen LogP contribution in [0.3, 0.4) is 0 Å². The Labute approximate surface area is 75.3 Å². The second kappa shape index (κ2) is 2.38. The highest BCUT2D eigenvalue weighted by Crippen LogP contribution is 2.29. The van der Waals surface area contributed by atoms with E-state index in [4.69, 9.17) is 9.52 Å². The Kier molecular flexibility index (Phi) is 1.47. The van der Waals surface area contributed by atoms with Crippen molar-refractivity contribution in [3.63, 3.8) is 0 Å². The van der Waals surface area contributed by atoms with Crippen LogP contribution < -0.4 is 0 Å². The van der Waals surface area contributed by atoms with Gasteiger partial charge in [-0.3, -0.25) is 0 Å². The van der Waals surface area contributed by atoms with Gasteiger partial charge >= 0.3 is 5.97 Å². The lowest BCUT2D eigenvalue weighted by Crippen LogP contribution is -1.93. The van der Waals surface area contributed by atoms with Gasteiger partial charge in [-0.05, 0) is 22.0 Å². The number of aromatic amines is 1. The molecule has 0 aliphatic carbocycles. The van der Waals surface area contributed by atoms with E-state index in [-0.39, 0.29) is 5.76 Å². The van der Waals surface area contributed by atoms with Crippen molar-refractivity contribution in [2.75, 3.05) is 0 Å². The molecule has 0 aliphatic rings. The normalized spacial score (nSPS) is 10.8. The molecule has 2 aromatic heterocycles. The molecule has 0 aromatic carbocycles. The molecule has 2 heterocycles. The number of H-pyrrole nitrogens is 1. The number of carboxylic acid groups (broad SMARTS) is 1. The maximum atomic E-state index is 10.6. The first-order valence-corrected chi connectivity index (χ1v) is 3.98. The number of rotatable bonds is 1. The van der Waals surface area contributed by atoms with Crippen LogP contribution in [0.15, 0.2) is 21.2 Å². The molecule has 4 nitrogen and oxygen atoms in total. The van der Waals surface area contributed by atoms with Crippen molar-refractivity contribution in [2.45, 2.75) is 0 Å². The summed E-state index contributed by atoms with van der Waals surface area (Å²) < 4.78 is 5.48. The zero-order valence-corrected chi connectivity index (χ0v) is 7.38. The van der Waals surface area contributed by atoms with Gasteiger partial charge in [-0.15, -0.1) is 0 Å². The van der Waals surface area contributed by atoms with Crippen LogP contribution in [-0.4, -0.2) is 16.1 Å². The van der Waals surface area contributed by atoms with Crippen LogP contribution >= 0.6 is 15.9 Å². The molecule has 0 saturated heterocycles. The molecule has 0 atom stereocenters. The van der Waals surface area contributed by atoms with Crippen LogP contribution in [-0.2, 0) is 0 Å². The van der Waals surface area contributed by atoms with E-state index in [0.29, 0.717) is 15.6 Å². The van der Waals surface area contributed by atoms with E-state index in [2.05, 4.69) is 20.9 Å². The van der Waals surface area contributed by atoms with Gasteiger partial charge in [0.1, 0.15) is 0 Å². The number of fused-ring (bicyclic) bond motifs is 1. The van der Waals surface area contributed by atoms with Crippen molar-refractivity contribution in [3.05, 3.63) is 22.5 Å². The fourth-order valence-electron chi connectivity index (χ4n) is 1.02. The van der Waals surface area contributed by atoms with Gasteiger partial charge in [0.2, 0.25) is 5.76 Å². The minimum atomic E-state index is -1.08. The molecule has 0 amide bonds. The van der Waals surface area contributed by atoms with Crippen molar-refractivity contribution in [1.82, 2.24) is 4.98 Å². The van der Waals surface area contributed by atoms with Crippen molar-refractivity contribution >= 4 is 33.0 Å². The summed E-state index contributed by atoms with van der Waals surface area (Å²) in [5, 5.41) is 8.65. The summed E-state index contributed by atoms with van der Waals surface area (Å²) in [6.45, 7) is 0. The van der Waals surface area contributed by atoms with E-state index in [1.807, 2.05) is 0 Å². The predicted octanol–water partition coefficient (Wildman–Crippen LogP) is 2.22. The molecule has 2 rings (SSSR count). The average molecular weight is 230 g/mol. The number of nitrogens with one attached hydrogen (secondary N) is 1. The average Bonchev–Trinajstić information content (AvgIpc) is 2.53. The third kappa shape index (κ3) is 0.863. The monoisotopic (exact) mass is 229 g/mol. The molecular weight excluding hydrogens is 226 g/mol. The summed E-state index contributed by atoms with van der Waals surface area (Å²) in [7, 11) is 0. The first-order chi connectivity index (χ1) is 5.70. The Bertz CT molecular complexity index is 442. The van der Waals surface area contributed by atoms with E-state index in [1.54, 1.807) is 12.3 Å². The topological polar surface area (TPSA) is 66.2 Å². The molecule has 0 saturated carbocycles. The standard InChI is InChI=1S/C7H4BrNO3/c8-4-5-3(1-2-9-5)12-6(4)7(10)11/h1-2,9H,(H,10,11). The van der Waals surface area contributed by atoms with Crippen molar-refractivity contribution < 1.29 is 14.3 Å². The number of hydrogen-bond acceptors (Lipinski definition) is 2. The Hall–Kier alpha value is -1.23. The lowest BCUT2D eigenvalue weighted by Gasteiger charge is -1.85. The molecule has 0 radical (unpaired) electrons. The van der Waals surface area contributed by atoms with Crippen molar-refractivity contribution in [2.24, 2.45) is 0 Å². The zero-order valence-electron chi connectivity index (χ0n) is 5.80. The summed E-state index contributed by atoms with van der Waals surface area (Å²) in [5.74, 6) is -1.15.